The fraction of sp³-hybridized carbons (Fsp3) is 1.00. The molecular weight excluding hydrogens is 460 g/mol. The van der Waals surface area contributed by atoms with Crippen molar-refractivity contribution in [3.8, 4) is 0 Å². The van der Waals surface area contributed by atoms with Gasteiger partial charge in [-0.15, -0.1) is 0 Å². The number of nitrogens with zero attached hydrogens (tertiary/aromatic N) is 1. The van der Waals surface area contributed by atoms with E-state index in [9.17, 15) is 0 Å². The average Bonchev–Trinajstić information content (AvgIpc) is 2.83. The van der Waals surface area contributed by atoms with Gasteiger partial charge in [0.1, 0.15) is 0 Å². The molecule has 2 N–H and O–H groups in total. The topological polar surface area (TPSA) is 66.2 Å². The van der Waals surface area contributed by atoms with Crippen LogP contribution in [0.25, 0.3) is 0 Å². The summed E-state index contributed by atoms with van der Waals surface area (Å²) in [5.74, 6) is 0. The highest BCUT2D eigenvalue weighted by Crippen LogP contribution is 2.21. The molecule has 34 heavy (non-hydrogen) atoms. The van der Waals surface area contributed by atoms with Crippen LogP contribution in [0.1, 0.15) is 106 Å². The molecule has 0 aliphatic heterocycles. The van der Waals surface area contributed by atoms with Crippen LogP contribution in [-0.2, 0) is 17.7 Å². The van der Waals surface area contributed by atoms with Crippen LogP contribution in [0.4, 0.5) is 0 Å². The van der Waals surface area contributed by atoms with Gasteiger partial charge >= 0.3 is 18.6 Å². The van der Waals surface area contributed by atoms with Crippen LogP contribution >= 0.6 is 0 Å². The van der Waals surface area contributed by atoms with E-state index in [1.165, 1.54) is 57.9 Å². The predicted octanol–water partition coefficient (Wildman–Crippen LogP) is 5.52. The zero-order chi connectivity index (χ0) is 25.4. The minimum Gasteiger partial charge on any atom is -0.397 e. The normalized spacial score (nSPS) is 13.9. The Balaban J connectivity index is 4.60. The minimum absolute atomic E-state index is 0.530. The van der Waals surface area contributed by atoms with E-state index in [0.29, 0.717) is 11.1 Å². The first-order valence-corrected chi connectivity index (χ1v) is 17.6. The van der Waals surface area contributed by atoms with Crippen molar-refractivity contribution in [3.63, 3.8) is 0 Å². The first kappa shape index (κ1) is 34.2. The smallest absolute Gasteiger partial charge is 0.324 e. The second-order valence-corrected chi connectivity index (χ2v) is 14.6. The van der Waals surface area contributed by atoms with E-state index in [1.807, 2.05) is 0 Å². The molecule has 0 aromatic heterocycles. The molecular formula is C26H60N2O4Si2. The molecule has 0 heterocycles. The van der Waals surface area contributed by atoms with Gasteiger partial charge in [-0.3, -0.25) is 0 Å². The van der Waals surface area contributed by atoms with Gasteiger partial charge in [0.2, 0.25) is 0 Å². The predicted molar refractivity (Wildman–Crippen MR) is 151 cm³/mol. The van der Waals surface area contributed by atoms with Gasteiger partial charge in [-0.05, 0) is 90.6 Å². The van der Waals surface area contributed by atoms with Crippen LogP contribution in [0.2, 0.25) is 11.1 Å². The summed E-state index contributed by atoms with van der Waals surface area (Å²) >= 11 is 0. The summed E-state index contributed by atoms with van der Waals surface area (Å²) in [5, 5.41) is 0. The second kappa shape index (κ2) is 24.9. The molecule has 0 aromatic carbocycles. The zero-order valence-electron chi connectivity index (χ0n) is 23.7. The lowest BCUT2D eigenvalue weighted by atomic mass is 10.1. The Morgan fingerprint density at radius 1 is 0.559 bits per heavy atom. The summed E-state index contributed by atoms with van der Waals surface area (Å²) in [6.07, 6.45) is 12.8. The Hall–Kier alpha value is 0.194. The standard InChI is InChI=1S/C26H60N2O4Si2/c1-7-29-33(30-8-2)25(5)19-23-28(22-18-16-14-12-11-13-15-17-21-27)24-20-26(6)34(31-9-3)32-10-4/h25-26,33-34H,7-24,27H2,1-6H3. The van der Waals surface area contributed by atoms with Crippen LogP contribution in [0.3, 0.4) is 0 Å². The lowest BCUT2D eigenvalue weighted by Crippen LogP contribution is -2.34. The lowest BCUT2D eigenvalue weighted by Gasteiger charge is -2.28. The number of rotatable bonds is 26. The SMILES string of the molecule is CCO[SiH](OCC)C(C)CCN(CCCCCCCCCCN)CCC(C)[SiH](OCC)OCC. The van der Waals surface area contributed by atoms with Crippen molar-refractivity contribution < 1.29 is 17.7 Å². The average molecular weight is 521 g/mol. The molecule has 0 saturated heterocycles. The van der Waals surface area contributed by atoms with Crippen LogP contribution in [-0.4, -0.2) is 76.1 Å². The van der Waals surface area contributed by atoms with Gasteiger partial charge in [-0.1, -0.05) is 52.4 Å². The molecule has 0 fully saturated rings. The van der Waals surface area contributed by atoms with E-state index in [1.54, 1.807) is 0 Å². The van der Waals surface area contributed by atoms with E-state index >= 15 is 0 Å². The third kappa shape index (κ3) is 18.5. The van der Waals surface area contributed by atoms with Crippen LogP contribution < -0.4 is 5.73 Å². The maximum atomic E-state index is 5.98. The minimum atomic E-state index is -1.58. The summed E-state index contributed by atoms with van der Waals surface area (Å²) in [4.78, 5) is 2.68. The van der Waals surface area contributed by atoms with Crippen LogP contribution in [0.5, 0.6) is 0 Å². The fourth-order valence-corrected chi connectivity index (χ4v) is 7.99. The molecule has 0 radical (unpaired) electrons. The van der Waals surface area contributed by atoms with Crippen molar-refractivity contribution in [2.45, 2.75) is 117 Å². The van der Waals surface area contributed by atoms with Gasteiger partial charge in [0.25, 0.3) is 0 Å². The number of nitrogens with two attached hydrogens (primary N) is 1. The molecule has 0 rings (SSSR count). The summed E-state index contributed by atoms with van der Waals surface area (Å²) in [5.41, 5.74) is 6.65. The van der Waals surface area contributed by atoms with E-state index in [0.717, 1.165) is 58.9 Å². The third-order valence-corrected chi connectivity index (χ3v) is 11.7. The monoisotopic (exact) mass is 520 g/mol. The Bertz CT molecular complexity index is 386. The zero-order valence-corrected chi connectivity index (χ0v) is 26.0. The molecule has 0 aromatic rings. The van der Waals surface area contributed by atoms with Crippen molar-refractivity contribution in [2.24, 2.45) is 5.73 Å². The fourth-order valence-electron chi connectivity index (χ4n) is 4.33. The number of hydrogen-bond acceptors (Lipinski definition) is 6. The van der Waals surface area contributed by atoms with Crippen molar-refractivity contribution >= 4 is 18.6 Å². The highest BCUT2D eigenvalue weighted by Gasteiger charge is 2.24. The first-order chi connectivity index (χ1) is 16.5. The molecule has 6 nitrogen and oxygen atoms in total. The van der Waals surface area contributed by atoms with Gasteiger partial charge < -0.3 is 28.3 Å². The number of hydrogen-bond donors (Lipinski definition) is 1. The maximum absolute atomic E-state index is 5.98. The quantitative estimate of drug-likeness (QED) is 0.120. The first-order valence-electron chi connectivity index (χ1n) is 14.4. The van der Waals surface area contributed by atoms with E-state index in [4.69, 9.17) is 23.4 Å². The van der Waals surface area contributed by atoms with Crippen molar-refractivity contribution in [1.29, 1.82) is 0 Å². The maximum Gasteiger partial charge on any atom is 0.324 e. The van der Waals surface area contributed by atoms with Crippen molar-refractivity contribution in [2.75, 3.05) is 52.6 Å². The molecule has 0 amide bonds. The molecule has 0 aliphatic carbocycles. The largest absolute Gasteiger partial charge is 0.397 e. The van der Waals surface area contributed by atoms with E-state index < -0.39 is 18.6 Å². The molecule has 8 heteroatoms. The number of unbranched alkanes of at least 4 members (excludes halogenated alkanes) is 7. The Morgan fingerprint density at radius 3 is 1.26 bits per heavy atom. The molecule has 2 atom stereocenters. The van der Waals surface area contributed by atoms with Crippen LogP contribution in [0, 0.1) is 0 Å². The van der Waals surface area contributed by atoms with Gasteiger partial charge in [0, 0.05) is 26.4 Å². The van der Waals surface area contributed by atoms with Crippen molar-refractivity contribution in [3.05, 3.63) is 0 Å². The van der Waals surface area contributed by atoms with Gasteiger partial charge in [-0.25, -0.2) is 0 Å². The van der Waals surface area contributed by atoms with Gasteiger partial charge in [0.05, 0.1) is 0 Å². The highest BCUT2D eigenvalue weighted by atomic mass is 28.3. The molecule has 0 saturated carbocycles. The molecule has 0 bridgehead atoms. The Labute approximate surface area is 216 Å². The van der Waals surface area contributed by atoms with Crippen molar-refractivity contribution in [1.82, 2.24) is 4.90 Å². The Morgan fingerprint density at radius 2 is 0.912 bits per heavy atom. The highest BCUT2D eigenvalue weighted by molar-refractivity contribution is 6.46. The molecule has 0 aliphatic rings. The third-order valence-electron chi connectivity index (χ3n) is 6.48. The molecule has 206 valence electrons. The summed E-state index contributed by atoms with van der Waals surface area (Å²) in [6, 6.07) is 0. The summed E-state index contributed by atoms with van der Waals surface area (Å²) < 4.78 is 23.9. The lowest BCUT2D eigenvalue weighted by molar-refractivity contribution is 0.191. The van der Waals surface area contributed by atoms with Crippen LogP contribution in [0.15, 0.2) is 0 Å². The molecule has 0 spiro atoms. The summed E-state index contributed by atoms with van der Waals surface area (Å²) in [6.45, 7) is 20.3. The summed E-state index contributed by atoms with van der Waals surface area (Å²) in [7, 11) is -3.17. The van der Waals surface area contributed by atoms with E-state index in [-0.39, 0.29) is 0 Å². The van der Waals surface area contributed by atoms with Gasteiger partial charge in [0.15, 0.2) is 0 Å². The second-order valence-electron chi connectivity index (χ2n) is 9.55. The Kier molecular flexibility index (Phi) is 25.0. The van der Waals surface area contributed by atoms with E-state index in [2.05, 4.69) is 46.4 Å². The molecule has 2 unspecified atom stereocenters. The van der Waals surface area contributed by atoms with Gasteiger partial charge in [-0.2, -0.15) is 0 Å².